The van der Waals surface area contributed by atoms with Crippen molar-refractivity contribution in [2.45, 2.75) is 13.8 Å². The fourth-order valence-electron chi connectivity index (χ4n) is 2.57. The lowest BCUT2D eigenvalue weighted by atomic mass is 10.2. The third-order valence-corrected chi connectivity index (χ3v) is 4.43. The van der Waals surface area contributed by atoms with Gasteiger partial charge in [0.25, 0.3) is 5.91 Å². The van der Waals surface area contributed by atoms with Gasteiger partial charge in [0.2, 0.25) is 5.91 Å². The van der Waals surface area contributed by atoms with Crippen LogP contribution in [-0.2, 0) is 4.79 Å². The molecular weight excluding hydrogens is 376 g/mol. The zero-order chi connectivity index (χ0) is 20.1. The van der Waals surface area contributed by atoms with Crippen molar-refractivity contribution in [3.05, 3.63) is 76.9 Å². The monoisotopic (exact) mass is 394 g/mol. The van der Waals surface area contributed by atoms with Crippen molar-refractivity contribution in [1.29, 1.82) is 0 Å². The minimum absolute atomic E-state index is 0.129. The normalized spacial score (nSPS) is 10.2. The van der Waals surface area contributed by atoms with Gasteiger partial charge in [0.1, 0.15) is 5.82 Å². The molecule has 2 amide bonds. The Morgan fingerprint density at radius 1 is 0.964 bits per heavy atom. The van der Waals surface area contributed by atoms with Crippen LogP contribution in [0.4, 0.5) is 22.9 Å². The van der Waals surface area contributed by atoms with Crippen molar-refractivity contribution in [2.75, 3.05) is 16.0 Å². The van der Waals surface area contributed by atoms with Gasteiger partial charge in [-0.15, -0.1) is 0 Å². The standard InChI is InChI=1S/C21H19ClN4O2/c1-13-18(22)4-3-5-19(13)26-21(28)15-10-11-23-20(12-15)25-17-8-6-16(7-9-17)24-14(2)27/h3-12H,1-2H3,(H,23,25)(H,24,27)(H,26,28). The maximum Gasteiger partial charge on any atom is 0.255 e. The summed E-state index contributed by atoms with van der Waals surface area (Å²) in [5, 5.41) is 9.31. The molecule has 0 bridgehead atoms. The summed E-state index contributed by atoms with van der Waals surface area (Å²) in [4.78, 5) is 27.9. The smallest absolute Gasteiger partial charge is 0.255 e. The number of benzene rings is 2. The summed E-state index contributed by atoms with van der Waals surface area (Å²) in [6.45, 7) is 3.31. The first-order valence-corrected chi connectivity index (χ1v) is 8.97. The molecule has 0 saturated carbocycles. The Labute approximate surface area is 168 Å². The van der Waals surface area contributed by atoms with E-state index in [1.807, 2.05) is 19.1 Å². The summed E-state index contributed by atoms with van der Waals surface area (Å²) in [5.41, 5.74) is 3.43. The lowest BCUT2D eigenvalue weighted by Gasteiger charge is -2.11. The van der Waals surface area contributed by atoms with Gasteiger partial charge in [-0.25, -0.2) is 4.98 Å². The summed E-state index contributed by atoms with van der Waals surface area (Å²) in [5.74, 6) is 0.149. The van der Waals surface area contributed by atoms with Gasteiger partial charge < -0.3 is 16.0 Å². The molecule has 0 aliphatic carbocycles. The first kappa shape index (κ1) is 19.4. The Bertz CT molecular complexity index is 1020. The van der Waals surface area contributed by atoms with Gasteiger partial charge in [-0.1, -0.05) is 17.7 Å². The number of aromatic nitrogens is 1. The molecule has 0 spiro atoms. The average molecular weight is 395 g/mol. The van der Waals surface area contributed by atoms with E-state index < -0.39 is 0 Å². The van der Waals surface area contributed by atoms with Crippen LogP contribution >= 0.6 is 11.6 Å². The maximum atomic E-state index is 12.6. The Morgan fingerprint density at radius 2 is 1.68 bits per heavy atom. The van der Waals surface area contributed by atoms with Crippen molar-refractivity contribution in [3.63, 3.8) is 0 Å². The van der Waals surface area contributed by atoms with E-state index in [2.05, 4.69) is 20.9 Å². The number of halogens is 1. The second-order valence-electron chi connectivity index (χ2n) is 6.18. The van der Waals surface area contributed by atoms with E-state index in [4.69, 9.17) is 11.6 Å². The third-order valence-electron chi connectivity index (χ3n) is 4.02. The SMILES string of the molecule is CC(=O)Nc1ccc(Nc2cc(C(=O)Nc3cccc(Cl)c3C)ccn2)cc1. The molecular formula is C21H19ClN4O2. The molecule has 3 N–H and O–H groups in total. The van der Waals surface area contributed by atoms with Crippen molar-refractivity contribution in [2.24, 2.45) is 0 Å². The van der Waals surface area contributed by atoms with Crippen LogP contribution in [0.1, 0.15) is 22.8 Å². The molecule has 6 nitrogen and oxygen atoms in total. The molecule has 3 aromatic rings. The van der Waals surface area contributed by atoms with E-state index in [-0.39, 0.29) is 11.8 Å². The van der Waals surface area contributed by atoms with Gasteiger partial charge in [0.15, 0.2) is 0 Å². The minimum Gasteiger partial charge on any atom is -0.340 e. The number of anilines is 4. The number of carbonyl (C=O) groups is 2. The van der Waals surface area contributed by atoms with E-state index in [1.165, 1.54) is 6.92 Å². The van der Waals surface area contributed by atoms with Crippen LogP contribution in [0.15, 0.2) is 60.8 Å². The predicted molar refractivity (Wildman–Crippen MR) is 112 cm³/mol. The van der Waals surface area contributed by atoms with E-state index in [0.717, 1.165) is 11.3 Å². The van der Waals surface area contributed by atoms with Crippen LogP contribution in [0.3, 0.4) is 0 Å². The van der Waals surface area contributed by atoms with E-state index in [0.29, 0.717) is 27.8 Å². The van der Waals surface area contributed by atoms with Gasteiger partial charge in [-0.3, -0.25) is 9.59 Å². The Hall–Kier alpha value is -3.38. The number of nitrogens with one attached hydrogen (secondary N) is 3. The van der Waals surface area contributed by atoms with Crippen molar-refractivity contribution in [1.82, 2.24) is 4.98 Å². The molecule has 142 valence electrons. The molecule has 1 aromatic heterocycles. The van der Waals surface area contributed by atoms with Gasteiger partial charge in [0, 0.05) is 40.8 Å². The lowest BCUT2D eigenvalue weighted by Crippen LogP contribution is -2.13. The first-order chi connectivity index (χ1) is 13.4. The van der Waals surface area contributed by atoms with Gasteiger partial charge >= 0.3 is 0 Å². The molecule has 0 unspecified atom stereocenters. The summed E-state index contributed by atoms with van der Waals surface area (Å²) < 4.78 is 0. The van der Waals surface area contributed by atoms with Crippen LogP contribution in [0.5, 0.6) is 0 Å². The number of amides is 2. The second kappa shape index (κ2) is 8.54. The minimum atomic E-state index is -0.253. The molecule has 2 aromatic carbocycles. The molecule has 3 rings (SSSR count). The summed E-state index contributed by atoms with van der Waals surface area (Å²) >= 11 is 6.10. The summed E-state index contributed by atoms with van der Waals surface area (Å²) in [7, 11) is 0. The highest BCUT2D eigenvalue weighted by Gasteiger charge is 2.10. The Kier molecular flexibility index (Phi) is 5.91. The topological polar surface area (TPSA) is 83.1 Å². The van der Waals surface area contributed by atoms with E-state index in [1.54, 1.807) is 48.7 Å². The number of carbonyl (C=O) groups excluding carboxylic acids is 2. The zero-order valence-electron chi connectivity index (χ0n) is 15.4. The molecule has 0 atom stereocenters. The van der Waals surface area contributed by atoms with Crippen molar-refractivity contribution >= 4 is 46.3 Å². The number of nitrogens with zero attached hydrogens (tertiary/aromatic N) is 1. The zero-order valence-corrected chi connectivity index (χ0v) is 16.2. The predicted octanol–water partition coefficient (Wildman–Crippen LogP) is 5.00. The van der Waals surface area contributed by atoms with E-state index in [9.17, 15) is 9.59 Å². The van der Waals surface area contributed by atoms with Crippen LogP contribution < -0.4 is 16.0 Å². The summed E-state index contributed by atoms with van der Waals surface area (Å²) in [6, 6.07) is 15.9. The molecule has 1 heterocycles. The molecule has 28 heavy (non-hydrogen) atoms. The van der Waals surface area contributed by atoms with Crippen LogP contribution in [0, 0.1) is 6.92 Å². The Morgan fingerprint density at radius 3 is 2.39 bits per heavy atom. The van der Waals surface area contributed by atoms with E-state index >= 15 is 0 Å². The van der Waals surface area contributed by atoms with Gasteiger partial charge in [0.05, 0.1) is 0 Å². The fourth-order valence-corrected chi connectivity index (χ4v) is 2.74. The quantitative estimate of drug-likeness (QED) is 0.568. The maximum absolute atomic E-state index is 12.6. The van der Waals surface area contributed by atoms with Crippen molar-refractivity contribution < 1.29 is 9.59 Å². The van der Waals surface area contributed by atoms with Crippen molar-refractivity contribution in [3.8, 4) is 0 Å². The molecule has 0 aliphatic heterocycles. The fraction of sp³-hybridized carbons (Fsp3) is 0.0952. The highest BCUT2D eigenvalue weighted by molar-refractivity contribution is 6.31. The number of rotatable bonds is 5. The van der Waals surface area contributed by atoms with Crippen LogP contribution in [-0.4, -0.2) is 16.8 Å². The second-order valence-corrected chi connectivity index (χ2v) is 6.59. The van der Waals surface area contributed by atoms with Crippen LogP contribution in [0.25, 0.3) is 0 Å². The summed E-state index contributed by atoms with van der Waals surface area (Å²) in [6.07, 6.45) is 1.56. The largest absolute Gasteiger partial charge is 0.340 e. The molecule has 7 heteroatoms. The van der Waals surface area contributed by atoms with Gasteiger partial charge in [-0.2, -0.15) is 0 Å². The first-order valence-electron chi connectivity index (χ1n) is 8.59. The molecule has 0 aliphatic rings. The average Bonchev–Trinajstić information content (AvgIpc) is 2.67. The van der Waals surface area contributed by atoms with Crippen LogP contribution in [0.2, 0.25) is 5.02 Å². The molecule has 0 fully saturated rings. The van der Waals surface area contributed by atoms with Gasteiger partial charge in [-0.05, 0) is 61.0 Å². The molecule has 0 radical (unpaired) electrons. The number of hydrogen-bond acceptors (Lipinski definition) is 4. The lowest BCUT2D eigenvalue weighted by molar-refractivity contribution is -0.114. The highest BCUT2D eigenvalue weighted by atomic mass is 35.5. The number of hydrogen-bond donors (Lipinski definition) is 3. The molecule has 0 saturated heterocycles. The highest BCUT2D eigenvalue weighted by Crippen LogP contribution is 2.24. The third kappa shape index (κ3) is 4.86. The Balaban J connectivity index is 1.72. The number of pyridine rings is 1.